The molecule has 7 heteroatoms. The van der Waals surface area contributed by atoms with Crippen molar-refractivity contribution in [2.75, 3.05) is 37.4 Å². The Balaban J connectivity index is 1.67. The Morgan fingerprint density at radius 1 is 1.27 bits per heavy atom. The number of benzene rings is 1. The highest BCUT2D eigenvalue weighted by molar-refractivity contribution is 8.02. The molecule has 0 unspecified atom stereocenters. The second kappa shape index (κ2) is 8.20. The molecule has 0 saturated carbocycles. The highest BCUT2D eigenvalue weighted by atomic mass is 32.2. The number of piperidine rings is 1. The van der Waals surface area contributed by atoms with Crippen molar-refractivity contribution in [1.29, 1.82) is 0 Å². The molecule has 2 aliphatic rings. The van der Waals surface area contributed by atoms with Crippen molar-refractivity contribution in [3.8, 4) is 5.75 Å². The number of hydrogen-bond acceptors (Lipinski definition) is 4. The maximum Gasteiger partial charge on any atom is 0.317 e. The number of carbonyl (C=O) groups is 2. The van der Waals surface area contributed by atoms with Gasteiger partial charge in [0.05, 0.1) is 17.7 Å². The lowest BCUT2D eigenvalue weighted by molar-refractivity contribution is -0.116. The first-order chi connectivity index (χ1) is 12.6. The average Bonchev–Trinajstić information content (AvgIpc) is 2.98. The van der Waals surface area contributed by atoms with Crippen LogP contribution in [0.3, 0.4) is 0 Å². The number of anilines is 1. The van der Waals surface area contributed by atoms with Crippen molar-refractivity contribution in [2.45, 2.75) is 37.5 Å². The lowest BCUT2D eigenvalue weighted by Gasteiger charge is -2.43. The predicted molar refractivity (Wildman–Crippen MR) is 105 cm³/mol. The van der Waals surface area contributed by atoms with Crippen LogP contribution in [0.1, 0.15) is 32.6 Å². The lowest BCUT2D eigenvalue weighted by Crippen LogP contribution is -2.54. The molecule has 0 atom stereocenters. The van der Waals surface area contributed by atoms with E-state index in [1.807, 2.05) is 34.1 Å². The van der Waals surface area contributed by atoms with Crippen LogP contribution in [0.5, 0.6) is 5.75 Å². The van der Waals surface area contributed by atoms with Gasteiger partial charge in [0, 0.05) is 25.3 Å². The Bertz CT molecular complexity index is 642. The first-order valence-corrected chi connectivity index (χ1v) is 10.2. The molecule has 2 saturated heterocycles. The van der Waals surface area contributed by atoms with Crippen molar-refractivity contribution in [3.63, 3.8) is 0 Å². The van der Waals surface area contributed by atoms with Gasteiger partial charge < -0.3 is 15.0 Å². The second-order valence-electron chi connectivity index (χ2n) is 6.73. The fourth-order valence-corrected chi connectivity index (χ4v) is 4.90. The first-order valence-electron chi connectivity index (χ1n) is 9.23. The molecule has 0 aromatic heterocycles. The molecule has 1 aromatic carbocycles. The first kappa shape index (κ1) is 18.9. The number of methoxy groups -OCH3 is 1. The van der Waals surface area contributed by atoms with Gasteiger partial charge in [-0.05, 0) is 43.5 Å². The normalized spacial score (nSPS) is 19.1. The summed E-state index contributed by atoms with van der Waals surface area (Å²) in [6.45, 7) is 4.18. The summed E-state index contributed by atoms with van der Waals surface area (Å²) in [5.74, 6) is 1.41. The van der Waals surface area contributed by atoms with E-state index in [1.54, 1.807) is 18.9 Å². The van der Waals surface area contributed by atoms with E-state index < -0.39 is 0 Å². The number of urea groups is 1. The number of rotatable bonds is 5. The third kappa shape index (κ3) is 3.77. The number of amides is 3. The van der Waals surface area contributed by atoms with E-state index in [0.717, 1.165) is 43.7 Å². The molecule has 0 bridgehead atoms. The topological polar surface area (TPSA) is 61.9 Å². The molecule has 6 nitrogen and oxygen atoms in total. The minimum Gasteiger partial charge on any atom is -0.497 e. The molecule has 0 aliphatic carbocycles. The van der Waals surface area contributed by atoms with Crippen LogP contribution in [0.15, 0.2) is 24.3 Å². The monoisotopic (exact) mass is 377 g/mol. The molecule has 0 radical (unpaired) electrons. The van der Waals surface area contributed by atoms with E-state index in [1.165, 1.54) is 0 Å². The highest BCUT2D eigenvalue weighted by Gasteiger charge is 2.49. The van der Waals surface area contributed by atoms with Gasteiger partial charge in [-0.15, -0.1) is 11.8 Å². The fraction of sp³-hybridized carbons (Fsp3) is 0.579. The lowest BCUT2D eigenvalue weighted by atomic mass is 10.0. The van der Waals surface area contributed by atoms with Gasteiger partial charge in [0.15, 0.2) is 0 Å². The third-order valence-electron chi connectivity index (χ3n) is 5.09. The van der Waals surface area contributed by atoms with Crippen molar-refractivity contribution >= 4 is 29.4 Å². The van der Waals surface area contributed by atoms with Gasteiger partial charge >= 0.3 is 6.03 Å². The number of likely N-dealkylation sites (tertiary alicyclic amines) is 1. The molecule has 1 N–H and O–H groups in total. The summed E-state index contributed by atoms with van der Waals surface area (Å²) in [7, 11) is 1.63. The molecular weight excluding hydrogens is 350 g/mol. The van der Waals surface area contributed by atoms with Gasteiger partial charge in [-0.25, -0.2) is 4.79 Å². The van der Waals surface area contributed by atoms with Crippen molar-refractivity contribution < 1.29 is 14.3 Å². The summed E-state index contributed by atoms with van der Waals surface area (Å²) in [6, 6.07) is 7.66. The number of nitrogens with one attached hydrogen (secondary N) is 1. The second-order valence-corrected chi connectivity index (χ2v) is 8.07. The van der Waals surface area contributed by atoms with Gasteiger partial charge in [-0.1, -0.05) is 13.3 Å². The number of hydrogen-bond donors (Lipinski definition) is 1. The number of unbranched alkanes of at least 4 members (excludes halogenated alkanes) is 1. The molecule has 2 aliphatic heterocycles. The van der Waals surface area contributed by atoms with Crippen LogP contribution in [0, 0.1) is 0 Å². The van der Waals surface area contributed by atoms with Gasteiger partial charge in [0.1, 0.15) is 5.75 Å². The van der Waals surface area contributed by atoms with Crippen LogP contribution in [-0.2, 0) is 4.79 Å². The van der Waals surface area contributed by atoms with Gasteiger partial charge in [0.25, 0.3) is 0 Å². The minimum absolute atomic E-state index is 0.0126. The zero-order valence-corrected chi connectivity index (χ0v) is 16.3. The molecule has 2 heterocycles. The van der Waals surface area contributed by atoms with Crippen LogP contribution in [0.4, 0.5) is 10.5 Å². The quantitative estimate of drug-likeness (QED) is 0.801. The molecule has 2 fully saturated rings. The summed E-state index contributed by atoms with van der Waals surface area (Å²) in [6.07, 6.45) is 3.64. The minimum atomic E-state index is -0.244. The maximum absolute atomic E-state index is 12.6. The van der Waals surface area contributed by atoms with E-state index in [2.05, 4.69) is 12.2 Å². The van der Waals surface area contributed by atoms with E-state index in [0.29, 0.717) is 18.8 Å². The Morgan fingerprint density at radius 3 is 2.58 bits per heavy atom. The Labute approximate surface area is 159 Å². The number of nitrogens with zero attached hydrogens (tertiary/aromatic N) is 2. The number of ether oxygens (including phenoxy) is 1. The van der Waals surface area contributed by atoms with E-state index in [-0.39, 0.29) is 16.8 Å². The summed E-state index contributed by atoms with van der Waals surface area (Å²) < 4.78 is 5.22. The SMILES string of the molecule is CCCCNC(=O)N1CCC2(CC1)SCC(=O)N2c1ccc(OC)cc1. The van der Waals surface area contributed by atoms with Crippen molar-refractivity contribution in [1.82, 2.24) is 10.2 Å². The summed E-state index contributed by atoms with van der Waals surface area (Å²) >= 11 is 1.71. The zero-order chi connectivity index (χ0) is 18.6. The number of thioether (sulfide) groups is 1. The van der Waals surface area contributed by atoms with Crippen molar-refractivity contribution in [2.24, 2.45) is 0 Å². The van der Waals surface area contributed by atoms with E-state index >= 15 is 0 Å². The molecule has 1 spiro atoms. The van der Waals surface area contributed by atoms with Crippen LogP contribution < -0.4 is 15.0 Å². The third-order valence-corrected chi connectivity index (χ3v) is 6.61. The average molecular weight is 378 g/mol. The molecule has 142 valence electrons. The Hall–Kier alpha value is -1.89. The van der Waals surface area contributed by atoms with Crippen LogP contribution in [0.25, 0.3) is 0 Å². The largest absolute Gasteiger partial charge is 0.497 e. The van der Waals surface area contributed by atoms with E-state index in [4.69, 9.17) is 4.74 Å². The predicted octanol–water partition coefficient (Wildman–Crippen LogP) is 3.08. The van der Waals surface area contributed by atoms with Crippen LogP contribution >= 0.6 is 11.8 Å². The molecule has 26 heavy (non-hydrogen) atoms. The summed E-state index contributed by atoms with van der Waals surface area (Å²) in [5.41, 5.74) is 0.904. The van der Waals surface area contributed by atoms with Gasteiger partial charge in [-0.3, -0.25) is 9.69 Å². The summed E-state index contributed by atoms with van der Waals surface area (Å²) in [4.78, 5) is 28.4. The Kier molecular flexibility index (Phi) is 5.96. The Morgan fingerprint density at radius 2 is 1.96 bits per heavy atom. The number of carbonyl (C=O) groups excluding carboxylic acids is 2. The maximum atomic E-state index is 12.6. The molecular formula is C19H27N3O3S. The van der Waals surface area contributed by atoms with E-state index in [9.17, 15) is 9.59 Å². The molecule has 1 aromatic rings. The highest BCUT2D eigenvalue weighted by Crippen LogP contribution is 2.46. The van der Waals surface area contributed by atoms with Gasteiger partial charge in [-0.2, -0.15) is 0 Å². The van der Waals surface area contributed by atoms with Crippen molar-refractivity contribution in [3.05, 3.63) is 24.3 Å². The summed E-state index contributed by atoms with van der Waals surface area (Å²) in [5, 5.41) is 2.98. The van der Waals surface area contributed by atoms with Gasteiger partial charge in [0.2, 0.25) is 5.91 Å². The fourth-order valence-electron chi connectivity index (χ4n) is 3.57. The molecule has 3 amide bonds. The van der Waals surface area contributed by atoms with Crippen LogP contribution in [0.2, 0.25) is 0 Å². The zero-order valence-electron chi connectivity index (χ0n) is 15.5. The molecule has 3 rings (SSSR count). The standard InChI is InChI=1S/C19H27N3O3S/c1-3-4-11-20-18(24)21-12-9-19(10-13-21)22(17(23)14-26-19)15-5-7-16(25-2)8-6-15/h5-8H,3-4,9-14H2,1-2H3,(H,20,24). The smallest absolute Gasteiger partial charge is 0.317 e. The van der Waals surface area contributed by atoms with Crippen LogP contribution in [-0.4, -0.2) is 54.2 Å².